The summed E-state index contributed by atoms with van der Waals surface area (Å²) in [6.07, 6.45) is 5.23. The SMILES string of the molecule is Cc1ccc(=O)n(C2CCC(NC(=O)c3cccc4[nH]ccc34)CC2)n1. The molecule has 0 spiro atoms. The molecule has 3 aromatic rings. The molecule has 0 aliphatic heterocycles. The van der Waals surface area contributed by atoms with E-state index in [2.05, 4.69) is 15.4 Å². The number of carbonyl (C=O) groups excluding carboxylic acids is 1. The summed E-state index contributed by atoms with van der Waals surface area (Å²) >= 11 is 0. The van der Waals surface area contributed by atoms with Crippen LogP contribution in [-0.4, -0.2) is 26.7 Å². The Balaban J connectivity index is 1.42. The van der Waals surface area contributed by atoms with Gasteiger partial charge in [0.1, 0.15) is 0 Å². The summed E-state index contributed by atoms with van der Waals surface area (Å²) in [5, 5.41) is 8.47. The van der Waals surface area contributed by atoms with Crippen LogP contribution in [0.3, 0.4) is 0 Å². The van der Waals surface area contributed by atoms with Crippen molar-refractivity contribution in [3.8, 4) is 0 Å². The second-order valence-electron chi connectivity index (χ2n) is 6.98. The van der Waals surface area contributed by atoms with Gasteiger partial charge in [0, 0.05) is 34.8 Å². The van der Waals surface area contributed by atoms with Crippen LogP contribution in [0, 0.1) is 6.92 Å². The number of aromatic nitrogens is 3. The summed E-state index contributed by atoms with van der Waals surface area (Å²) in [6, 6.07) is 11.2. The first kappa shape index (κ1) is 16.6. The fourth-order valence-electron chi connectivity index (χ4n) is 3.79. The topological polar surface area (TPSA) is 79.8 Å². The Morgan fingerprint density at radius 1 is 1.15 bits per heavy atom. The average Bonchev–Trinajstić information content (AvgIpc) is 3.13. The second-order valence-corrected chi connectivity index (χ2v) is 6.98. The van der Waals surface area contributed by atoms with Crippen LogP contribution in [0.5, 0.6) is 0 Å². The molecule has 6 heteroatoms. The molecule has 0 radical (unpaired) electrons. The van der Waals surface area contributed by atoms with Gasteiger partial charge in [0.05, 0.1) is 11.7 Å². The van der Waals surface area contributed by atoms with Crippen LogP contribution in [0.2, 0.25) is 0 Å². The van der Waals surface area contributed by atoms with Gasteiger partial charge in [-0.2, -0.15) is 5.10 Å². The minimum atomic E-state index is -0.0535. The molecule has 1 aromatic carbocycles. The smallest absolute Gasteiger partial charge is 0.267 e. The van der Waals surface area contributed by atoms with Crippen LogP contribution in [0.1, 0.15) is 47.8 Å². The maximum absolute atomic E-state index is 12.7. The van der Waals surface area contributed by atoms with Gasteiger partial charge >= 0.3 is 0 Å². The van der Waals surface area contributed by atoms with E-state index < -0.39 is 0 Å². The summed E-state index contributed by atoms with van der Waals surface area (Å²) < 4.78 is 1.61. The Morgan fingerprint density at radius 2 is 1.96 bits per heavy atom. The Labute approximate surface area is 151 Å². The molecule has 26 heavy (non-hydrogen) atoms. The van der Waals surface area contributed by atoms with Crippen molar-refractivity contribution in [1.82, 2.24) is 20.1 Å². The standard InChI is InChI=1S/C20H22N4O2/c1-13-5-10-19(25)24(23-13)15-8-6-14(7-9-15)22-20(26)17-3-2-4-18-16(17)11-12-21-18/h2-5,10-12,14-15,21H,6-9H2,1H3,(H,22,26). The van der Waals surface area contributed by atoms with Crippen LogP contribution in [-0.2, 0) is 0 Å². The van der Waals surface area contributed by atoms with E-state index in [9.17, 15) is 9.59 Å². The number of hydrogen-bond acceptors (Lipinski definition) is 3. The highest BCUT2D eigenvalue weighted by Gasteiger charge is 2.25. The predicted molar refractivity (Wildman–Crippen MR) is 100 cm³/mol. The van der Waals surface area contributed by atoms with Crippen LogP contribution < -0.4 is 10.9 Å². The van der Waals surface area contributed by atoms with Gasteiger partial charge < -0.3 is 10.3 Å². The van der Waals surface area contributed by atoms with Crippen LogP contribution in [0.4, 0.5) is 0 Å². The molecule has 0 unspecified atom stereocenters. The van der Waals surface area contributed by atoms with Crippen molar-refractivity contribution in [3.05, 3.63) is 64.2 Å². The summed E-state index contributed by atoms with van der Waals surface area (Å²) in [6.45, 7) is 1.89. The lowest BCUT2D eigenvalue weighted by atomic mass is 9.91. The lowest BCUT2D eigenvalue weighted by Crippen LogP contribution is -2.39. The van der Waals surface area contributed by atoms with Crippen molar-refractivity contribution >= 4 is 16.8 Å². The molecular formula is C20H22N4O2. The molecule has 0 atom stereocenters. The molecule has 4 rings (SSSR count). The predicted octanol–water partition coefficient (Wildman–Crippen LogP) is 2.95. The molecule has 1 aliphatic rings. The fraction of sp³-hybridized carbons (Fsp3) is 0.350. The van der Waals surface area contributed by atoms with E-state index in [1.807, 2.05) is 37.4 Å². The van der Waals surface area contributed by atoms with Gasteiger partial charge in [-0.3, -0.25) is 9.59 Å². The highest BCUT2D eigenvalue weighted by molar-refractivity contribution is 6.06. The number of nitrogens with zero attached hydrogens (tertiary/aromatic N) is 2. The fourth-order valence-corrected chi connectivity index (χ4v) is 3.79. The maximum atomic E-state index is 12.7. The summed E-state index contributed by atoms with van der Waals surface area (Å²) in [7, 11) is 0. The zero-order valence-electron chi connectivity index (χ0n) is 14.7. The van der Waals surface area contributed by atoms with E-state index in [0.29, 0.717) is 5.56 Å². The van der Waals surface area contributed by atoms with Gasteiger partial charge in [0.25, 0.3) is 11.5 Å². The van der Waals surface area contributed by atoms with Crippen LogP contribution >= 0.6 is 0 Å². The van der Waals surface area contributed by atoms with E-state index in [4.69, 9.17) is 0 Å². The van der Waals surface area contributed by atoms with E-state index >= 15 is 0 Å². The Morgan fingerprint density at radius 3 is 2.77 bits per heavy atom. The Kier molecular flexibility index (Phi) is 4.32. The lowest BCUT2D eigenvalue weighted by Gasteiger charge is -2.29. The van der Waals surface area contributed by atoms with E-state index in [0.717, 1.165) is 42.3 Å². The molecule has 134 valence electrons. The number of aromatic amines is 1. The third-order valence-corrected chi connectivity index (χ3v) is 5.18. The maximum Gasteiger partial charge on any atom is 0.267 e. The van der Waals surface area contributed by atoms with E-state index in [-0.39, 0.29) is 23.6 Å². The van der Waals surface area contributed by atoms with Crippen molar-refractivity contribution in [2.75, 3.05) is 0 Å². The van der Waals surface area contributed by atoms with E-state index in [1.54, 1.807) is 16.8 Å². The van der Waals surface area contributed by atoms with Crippen LogP contribution in [0.25, 0.3) is 10.9 Å². The lowest BCUT2D eigenvalue weighted by molar-refractivity contribution is 0.0923. The number of rotatable bonds is 3. The minimum absolute atomic E-state index is 0.0375. The van der Waals surface area contributed by atoms with Gasteiger partial charge in [-0.1, -0.05) is 6.07 Å². The first-order valence-corrected chi connectivity index (χ1v) is 9.05. The number of carbonyl (C=O) groups is 1. The van der Waals surface area contributed by atoms with Gasteiger partial charge in [-0.25, -0.2) is 4.68 Å². The molecule has 1 aliphatic carbocycles. The molecule has 2 N–H and O–H groups in total. The highest BCUT2D eigenvalue weighted by Crippen LogP contribution is 2.27. The third-order valence-electron chi connectivity index (χ3n) is 5.18. The first-order valence-electron chi connectivity index (χ1n) is 9.05. The number of aryl methyl sites for hydroxylation is 1. The van der Waals surface area contributed by atoms with Crippen molar-refractivity contribution in [2.45, 2.75) is 44.7 Å². The largest absolute Gasteiger partial charge is 0.361 e. The van der Waals surface area contributed by atoms with Gasteiger partial charge in [-0.15, -0.1) is 0 Å². The van der Waals surface area contributed by atoms with Crippen molar-refractivity contribution in [3.63, 3.8) is 0 Å². The van der Waals surface area contributed by atoms with Gasteiger partial charge in [0.15, 0.2) is 0 Å². The van der Waals surface area contributed by atoms with Crippen molar-refractivity contribution in [2.24, 2.45) is 0 Å². The first-order chi connectivity index (χ1) is 12.6. The molecule has 0 saturated heterocycles. The monoisotopic (exact) mass is 350 g/mol. The van der Waals surface area contributed by atoms with Gasteiger partial charge in [-0.05, 0) is 56.9 Å². The molecule has 2 aromatic heterocycles. The molecule has 2 heterocycles. The van der Waals surface area contributed by atoms with Crippen molar-refractivity contribution < 1.29 is 4.79 Å². The molecule has 1 amide bonds. The number of hydrogen-bond donors (Lipinski definition) is 2. The number of amides is 1. The molecule has 6 nitrogen and oxygen atoms in total. The summed E-state index contributed by atoms with van der Waals surface area (Å²) in [5.74, 6) is -0.0375. The Hall–Kier alpha value is -2.89. The van der Waals surface area contributed by atoms with E-state index in [1.165, 1.54) is 0 Å². The molecule has 1 fully saturated rings. The molecule has 0 bridgehead atoms. The third kappa shape index (κ3) is 3.14. The molecular weight excluding hydrogens is 328 g/mol. The zero-order valence-corrected chi connectivity index (χ0v) is 14.7. The summed E-state index contributed by atoms with van der Waals surface area (Å²) in [5.41, 5.74) is 2.45. The highest BCUT2D eigenvalue weighted by atomic mass is 16.1. The number of fused-ring (bicyclic) bond motifs is 1. The van der Waals surface area contributed by atoms with Crippen LogP contribution in [0.15, 0.2) is 47.4 Å². The summed E-state index contributed by atoms with van der Waals surface area (Å²) in [4.78, 5) is 27.9. The minimum Gasteiger partial charge on any atom is -0.361 e. The number of benzene rings is 1. The number of nitrogens with one attached hydrogen (secondary N) is 2. The quantitative estimate of drug-likeness (QED) is 0.762. The Bertz CT molecular complexity index is 996. The van der Waals surface area contributed by atoms with Crippen molar-refractivity contribution in [1.29, 1.82) is 0 Å². The second kappa shape index (κ2) is 6.78. The molecule has 1 saturated carbocycles. The zero-order chi connectivity index (χ0) is 18.1. The number of H-pyrrole nitrogens is 1. The van der Waals surface area contributed by atoms with Gasteiger partial charge in [0.2, 0.25) is 0 Å². The normalized spacial score (nSPS) is 20.2. The average molecular weight is 350 g/mol.